The largest absolute Gasteiger partial charge is 0.481 e. The van der Waals surface area contributed by atoms with Gasteiger partial charge in [-0.1, -0.05) is 12.8 Å². The molecule has 1 saturated heterocycles. The quantitative estimate of drug-likeness (QED) is 0.904. The van der Waals surface area contributed by atoms with Crippen LogP contribution >= 0.6 is 11.3 Å². The van der Waals surface area contributed by atoms with Crippen LogP contribution in [0.5, 0.6) is 0 Å². The lowest BCUT2D eigenvalue weighted by Crippen LogP contribution is -2.23. The number of aromatic nitrogens is 1. The molecule has 1 aliphatic carbocycles. The van der Waals surface area contributed by atoms with Crippen LogP contribution in [0.15, 0.2) is 0 Å². The molecule has 5 heteroatoms. The minimum Gasteiger partial charge on any atom is -0.481 e. The van der Waals surface area contributed by atoms with Crippen LogP contribution in [0.2, 0.25) is 0 Å². The van der Waals surface area contributed by atoms with Crippen molar-refractivity contribution in [3.63, 3.8) is 0 Å². The van der Waals surface area contributed by atoms with Crippen molar-refractivity contribution in [1.82, 2.24) is 4.98 Å². The maximum Gasteiger partial charge on any atom is 0.303 e. The Morgan fingerprint density at radius 1 is 1.25 bits per heavy atom. The molecule has 0 spiro atoms. The molecular formula is C15H22N2O2S. The summed E-state index contributed by atoms with van der Waals surface area (Å²) >= 11 is 1.74. The molecule has 1 aromatic heterocycles. The number of carbonyl (C=O) groups is 1. The zero-order valence-corrected chi connectivity index (χ0v) is 12.6. The second kappa shape index (κ2) is 6.12. The van der Waals surface area contributed by atoms with Gasteiger partial charge in [-0.15, -0.1) is 11.3 Å². The van der Waals surface area contributed by atoms with Crippen LogP contribution < -0.4 is 4.90 Å². The number of aliphatic carboxylic acids is 1. The second-order valence-corrected chi connectivity index (χ2v) is 6.94. The summed E-state index contributed by atoms with van der Waals surface area (Å²) in [6.45, 7) is 2.21. The minimum atomic E-state index is -0.712. The van der Waals surface area contributed by atoms with Crippen LogP contribution in [0.1, 0.15) is 61.4 Å². The van der Waals surface area contributed by atoms with E-state index in [1.165, 1.54) is 49.1 Å². The maximum absolute atomic E-state index is 10.8. The van der Waals surface area contributed by atoms with E-state index < -0.39 is 5.97 Å². The van der Waals surface area contributed by atoms with Crippen LogP contribution in [0.4, 0.5) is 5.13 Å². The predicted molar refractivity (Wildman–Crippen MR) is 80.7 cm³/mol. The zero-order valence-electron chi connectivity index (χ0n) is 11.8. The van der Waals surface area contributed by atoms with Gasteiger partial charge >= 0.3 is 5.97 Å². The number of carboxylic acid groups (broad SMARTS) is 1. The molecule has 1 aromatic rings. The molecule has 4 nitrogen and oxygen atoms in total. The first-order valence-electron chi connectivity index (χ1n) is 7.70. The number of thiazole rings is 1. The average molecular weight is 294 g/mol. The highest BCUT2D eigenvalue weighted by atomic mass is 32.1. The number of aryl methyl sites for hydroxylation is 1. The first-order valence-corrected chi connectivity index (χ1v) is 8.52. The Hall–Kier alpha value is -1.10. The van der Waals surface area contributed by atoms with E-state index in [2.05, 4.69) is 4.90 Å². The number of hydrogen-bond donors (Lipinski definition) is 1. The van der Waals surface area contributed by atoms with Crippen molar-refractivity contribution in [1.29, 1.82) is 0 Å². The summed E-state index contributed by atoms with van der Waals surface area (Å²) in [5.41, 5.74) is 1.20. The number of nitrogens with zero attached hydrogens (tertiary/aromatic N) is 2. The van der Waals surface area contributed by atoms with Crippen molar-refractivity contribution >= 4 is 22.4 Å². The standard InChI is InChI=1S/C15H22N2O2S/c18-13(19)8-7-12-14(11-5-6-11)16-15(20-12)17-9-3-1-2-4-10-17/h11H,1-10H2,(H,18,19). The summed E-state index contributed by atoms with van der Waals surface area (Å²) in [5, 5.41) is 10.0. The van der Waals surface area contributed by atoms with Gasteiger partial charge < -0.3 is 10.0 Å². The number of rotatable bonds is 5. The van der Waals surface area contributed by atoms with Gasteiger partial charge in [0.1, 0.15) is 0 Å². The van der Waals surface area contributed by atoms with E-state index in [9.17, 15) is 4.79 Å². The van der Waals surface area contributed by atoms with Crippen LogP contribution in [-0.2, 0) is 11.2 Å². The molecule has 2 aliphatic rings. The lowest BCUT2D eigenvalue weighted by Gasteiger charge is -2.18. The number of carboxylic acids is 1. The smallest absolute Gasteiger partial charge is 0.303 e. The van der Waals surface area contributed by atoms with Crippen LogP contribution in [0.25, 0.3) is 0 Å². The molecule has 0 bridgehead atoms. The molecule has 0 aromatic carbocycles. The fourth-order valence-electron chi connectivity index (χ4n) is 2.82. The third-order valence-electron chi connectivity index (χ3n) is 4.12. The van der Waals surface area contributed by atoms with Gasteiger partial charge in [-0.2, -0.15) is 0 Å². The molecule has 20 heavy (non-hydrogen) atoms. The first-order chi connectivity index (χ1) is 9.74. The van der Waals surface area contributed by atoms with Crippen molar-refractivity contribution in [2.75, 3.05) is 18.0 Å². The molecule has 110 valence electrons. The SMILES string of the molecule is O=C(O)CCc1sc(N2CCCCCC2)nc1C1CC1. The van der Waals surface area contributed by atoms with Gasteiger partial charge in [0.15, 0.2) is 5.13 Å². The summed E-state index contributed by atoms with van der Waals surface area (Å²) in [7, 11) is 0. The molecular weight excluding hydrogens is 272 g/mol. The molecule has 0 unspecified atom stereocenters. The van der Waals surface area contributed by atoms with Crippen molar-refractivity contribution in [3.05, 3.63) is 10.6 Å². The van der Waals surface area contributed by atoms with E-state index in [0.717, 1.165) is 18.2 Å². The van der Waals surface area contributed by atoms with Crippen LogP contribution in [0.3, 0.4) is 0 Å². The summed E-state index contributed by atoms with van der Waals surface area (Å²) < 4.78 is 0. The zero-order chi connectivity index (χ0) is 13.9. The van der Waals surface area contributed by atoms with E-state index >= 15 is 0 Å². The van der Waals surface area contributed by atoms with Gasteiger partial charge in [-0.25, -0.2) is 4.98 Å². The predicted octanol–water partition coefficient (Wildman–Crippen LogP) is 3.42. The third-order valence-corrected chi connectivity index (χ3v) is 5.31. The summed E-state index contributed by atoms with van der Waals surface area (Å²) in [5.74, 6) is -0.104. The Morgan fingerprint density at radius 2 is 1.95 bits per heavy atom. The Labute approximate surface area is 123 Å². The van der Waals surface area contributed by atoms with Crippen molar-refractivity contribution in [2.24, 2.45) is 0 Å². The van der Waals surface area contributed by atoms with Crippen LogP contribution in [-0.4, -0.2) is 29.1 Å². The van der Waals surface area contributed by atoms with Gasteiger partial charge in [0.2, 0.25) is 0 Å². The van der Waals surface area contributed by atoms with Crippen molar-refractivity contribution in [2.45, 2.75) is 57.3 Å². The minimum absolute atomic E-state index is 0.224. The summed E-state index contributed by atoms with van der Waals surface area (Å²) in [4.78, 5) is 19.3. The Balaban J connectivity index is 1.76. The number of hydrogen-bond acceptors (Lipinski definition) is 4. The van der Waals surface area contributed by atoms with Gasteiger partial charge in [-0.3, -0.25) is 4.79 Å². The molecule has 1 saturated carbocycles. The van der Waals surface area contributed by atoms with Gasteiger partial charge in [-0.05, 0) is 32.1 Å². The summed E-state index contributed by atoms with van der Waals surface area (Å²) in [6, 6.07) is 0. The van der Waals surface area contributed by atoms with Crippen LogP contribution in [0, 0.1) is 0 Å². The molecule has 2 fully saturated rings. The highest BCUT2D eigenvalue weighted by molar-refractivity contribution is 7.15. The van der Waals surface area contributed by atoms with E-state index in [4.69, 9.17) is 10.1 Å². The maximum atomic E-state index is 10.8. The average Bonchev–Trinajstić information content (AvgIpc) is 3.22. The van der Waals surface area contributed by atoms with E-state index in [0.29, 0.717) is 12.3 Å². The van der Waals surface area contributed by atoms with Crippen molar-refractivity contribution < 1.29 is 9.90 Å². The highest BCUT2D eigenvalue weighted by Gasteiger charge is 2.30. The third kappa shape index (κ3) is 3.32. The Bertz CT molecular complexity index is 474. The number of anilines is 1. The molecule has 0 radical (unpaired) electrons. The van der Waals surface area contributed by atoms with E-state index in [1.807, 2.05) is 0 Å². The molecule has 0 atom stereocenters. The molecule has 3 rings (SSSR count). The lowest BCUT2D eigenvalue weighted by atomic mass is 10.2. The highest BCUT2D eigenvalue weighted by Crippen LogP contribution is 2.44. The topological polar surface area (TPSA) is 53.4 Å². The Kier molecular flexibility index (Phi) is 4.24. The first kappa shape index (κ1) is 13.9. The lowest BCUT2D eigenvalue weighted by molar-refractivity contribution is -0.136. The summed E-state index contributed by atoms with van der Waals surface area (Å²) in [6.07, 6.45) is 8.47. The molecule has 0 amide bonds. The molecule has 1 aliphatic heterocycles. The Morgan fingerprint density at radius 3 is 2.55 bits per heavy atom. The van der Waals surface area contributed by atoms with E-state index in [1.54, 1.807) is 11.3 Å². The fourth-order valence-corrected chi connectivity index (χ4v) is 4.02. The van der Waals surface area contributed by atoms with Crippen molar-refractivity contribution in [3.8, 4) is 0 Å². The normalized spacial score (nSPS) is 19.9. The van der Waals surface area contributed by atoms with E-state index in [-0.39, 0.29) is 6.42 Å². The molecule has 2 heterocycles. The van der Waals surface area contributed by atoms with Gasteiger partial charge in [0.25, 0.3) is 0 Å². The molecule has 1 N–H and O–H groups in total. The van der Waals surface area contributed by atoms with Gasteiger partial charge in [0, 0.05) is 23.9 Å². The monoisotopic (exact) mass is 294 g/mol. The van der Waals surface area contributed by atoms with Gasteiger partial charge in [0.05, 0.1) is 12.1 Å². The second-order valence-electron chi connectivity index (χ2n) is 5.87. The fraction of sp³-hybridized carbons (Fsp3) is 0.733.